The topological polar surface area (TPSA) is 67.9 Å². The molecule has 0 saturated carbocycles. The fourth-order valence-corrected chi connectivity index (χ4v) is 3.59. The van der Waals surface area contributed by atoms with Gasteiger partial charge < -0.3 is 19.7 Å². The molecular formula is C24H30N2O4. The molecule has 0 saturated heterocycles. The van der Waals surface area contributed by atoms with Gasteiger partial charge in [0, 0.05) is 29.4 Å². The van der Waals surface area contributed by atoms with Gasteiger partial charge in [0.1, 0.15) is 0 Å². The largest absolute Gasteiger partial charge is 0.490 e. The minimum Gasteiger partial charge on any atom is -0.490 e. The lowest BCUT2D eigenvalue weighted by atomic mass is 9.99. The average Bonchev–Trinajstić information content (AvgIpc) is 2.74. The van der Waals surface area contributed by atoms with Crippen LogP contribution in [0.3, 0.4) is 0 Å². The van der Waals surface area contributed by atoms with Gasteiger partial charge in [0.2, 0.25) is 5.91 Å². The van der Waals surface area contributed by atoms with E-state index >= 15 is 0 Å². The minimum atomic E-state index is -0.239. The van der Waals surface area contributed by atoms with Crippen molar-refractivity contribution in [2.45, 2.75) is 40.5 Å². The molecule has 3 rings (SSSR count). The Morgan fingerprint density at radius 1 is 1.03 bits per heavy atom. The van der Waals surface area contributed by atoms with Crippen LogP contribution in [0, 0.1) is 5.92 Å². The summed E-state index contributed by atoms with van der Waals surface area (Å²) in [5.41, 5.74) is 3.16. The summed E-state index contributed by atoms with van der Waals surface area (Å²) in [5.74, 6) is 0.956. The molecule has 0 aliphatic carbocycles. The molecule has 0 bridgehead atoms. The summed E-state index contributed by atoms with van der Waals surface area (Å²) in [4.78, 5) is 27.3. The highest BCUT2D eigenvalue weighted by atomic mass is 16.5. The highest BCUT2D eigenvalue weighted by Gasteiger charge is 2.25. The maximum atomic E-state index is 12.8. The second kappa shape index (κ2) is 9.65. The van der Waals surface area contributed by atoms with E-state index in [0.717, 1.165) is 24.1 Å². The fraction of sp³-hybridized carbons (Fsp3) is 0.417. The summed E-state index contributed by atoms with van der Waals surface area (Å²) < 4.78 is 11.2. The number of carbonyl (C=O) groups excluding carboxylic acids is 2. The van der Waals surface area contributed by atoms with Crippen LogP contribution in [0.4, 0.5) is 11.4 Å². The van der Waals surface area contributed by atoms with Crippen LogP contribution in [-0.2, 0) is 11.2 Å². The van der Waals surface area contributed by atoms with E-state index in [9.17, 15) is 9.59 Å². The first-order chi connectivity index (χ1) is 14.4. The van der Waals surface area contributed by atoms with E-state index in [1.54, 1.807) is 18.2 Å². The molecular weight excluding hydrogens is 380 g/mol. The quantitative estimate of drug-likeness (QED) is 0.720. The number of anilines is 2. The standard InChI is InChI=1S/C24H30N2O4/c1-5-29-21-12-10-18(14-22(21)30-6-2)23(27)25-19-11-9-17-8-7-13-26(20(17)15-19)24(28)16(3)4/h9-12,14-16H,5-8,13H2,1-4H3,(H,25,27). The number of nitrogens with zero attached hydrogens (tertiary/aromatic N) is 1. The van der Waals surface area contributed by atoms with E-state index in [4.69, 9.17) is 9.47 Å². The summed E-state index contributed by atoms with van der Waals surface area (Å²) in [6.45, 7) is 9.31. The molecule has 0 unspecified atom stereocenters. The molecule has 0 fully saturated rings. The van der Waals surface area contributed by atoms with Crippen LogP contribution in [0.15, 0.2) is 36.4 Å². The van der Waals surface area contributed by atoms with Gasteiger partial charge >= 0.3 is 0 Å². The number of aryl methyl sites for hydroxylation is 1. The Balaban J connectivity index is 1.83. The maximum absolute atomic E-state index is 12.8. The molecule has 6 heteroatoms. The highest BCUT2D eigenvalue weighted by molar-refractivity contribution is 6.05. The van der Waals surface area contributed by atoms with Gasteiger partial charge in [0.05, 0.1) is 13.2 Å². The third-order valence-electron chi connectivity index (χ3n) is 5.03. The lowest BCUT2D eigenvalue weighted by Crippen LogP contribution is -2.38. The number of fused-ring (bicyclic) bond motifs is 1. The SMILES string of the molecule is CCOc1ccc(C(=O)Nc2ccc3c(c2)N(C(=O)C(C)C)CCC3)cc1OCC. The molecule has 2 aromatic rings. The number of benzene rings is 2. The van der Waals surface area contributed by atoms with Crippen molar-refractivity contribution in [1.29, 1.82) is 0 Å². The van der Waals surface area contributed by atoms with Crippen LogP contribution < -0.4 is 19.7 Å². The number of carbonyl (C=O) groups is 2. The second-order valence-corrected chi connectivity index (χ2v) is 7.57. The minimum absolute atomic E-state index is 0.0740. The number of nitrogens with one attached hydrogen (secondary N) is 1. The summed E-state index contributed by atoms with van der Waals surface area (Å²) in [6, 6.07) is 10.9. The Morgan fingerprint density at radius 2 is 1.77 bits per heavy atom. The molecule has 2 amide bonds. The number of amides is 2. The molecule has 1 aliphatic heterocycles. The van der Waals surface area contributed by atoms with Gasteiger partial charge in [0.25, 0.3) is 5.91 Å². The van der Waals surface area contributed by atoms with Gasteiger partial charge in [-0.25, -0.2) is 0 Å². The smallest absolute Gasteiger partial charge is 0.255 e. The van der Waals surface area contributed by atoms with E-state index in [1.165, 1.54) is 0 Å². The van der Waals surface area contributed by atoms with Gasteiger partial charge in [0.15, 0.2) is 11.5 Å². The Kier molecular flexibility index (Phi) is 6.98. The zero-order valence-electron chi connectivity index (χ0n) is 18.2. The molecule has 2 aromatic carbocycles. The normalized spacial score (nSPS) is 13.0. The van der Waals surface area contributed by atoms with Crippen molar-refractivity contribution in [3.63, 3.8) is 0 Å². The lowest BCUT2D eigenvalue weighted by Gasteiger charge is -2.31. The molecule has 0 radical (unpaired) electrons. The van der Waals surface area contributed by atoms with E-state index in [-0.39, 0.29) is 17.7 Å². The van der Waals surface area contributed by atoms with Crippen LogP contribution in [-0.4, -0.2) is 31.6 Å². The molecule has 1 aliphatic rings. The van der Waals surface area contributed by atoms with Gasteiger partial charge in [-0.15, -0.1) is 0 Å². The van der Waals surface area contributed by atoms with Crippen molar-refractivity contribution in [2.75, 3.05) is 30.0 Å². The van der Waals surface area contributed by atoms with Crippen LogP contribution in [0.5, 0.6) is 11.5 Å². The molecule has 0 atom stereocenters. The molecule has 1 N–H and O–H groups in total. The second-order valence-electron chi connectivity index (χ2n) is 7.57. The van der Waals surface area contributed by atoms with Gasteiger partial charge in [-0.3, -0.25) is 9.59 Å². The Hall–Kier alpha value is -3.02. The van der Waals surface area contributed by atoms with E-state index in [1.807, 2.05) is 50.8 Å². The van der Waals surface area contributed by atoms with Crippen molar-refractivity contribution in [3.8, 4) is 11.5 Å². The Morgan fingerprint density at radius 3 is 2.47 bits per heavy atom. The van der Waals surface area contributed by atoms with E-state index in [0.29, 0.717) is 42.5 Å². The van der Waals surface area contributed by atoms with Gasteiger partial charge in [-0.2, -0.15) is 0 Å². The molecule has 160 valence electrons. The van der Waals surface area contributed by atoms with Gasteiger partial charge in [-0.05, 0) is 62.6 Å². The van der Waals surface area contributed by atoms with E-state index in [2.05, 4.69) is 5.32 Å². The zero-order valence-corrected chi connectivity index (χ0v) is 18.2. The monoisotopic (exact) mass is 410 g/mol. The summed E-state index contributed by atoms with van der Waals surface area (Å²) >= 11 is 0. The van der Waals surface area contributed by atoms with Crippen molar-refractivity contribution in [2.24, 2.45) is 5.92 Å². The number of rotatable bonds is 7. The van der Waals surface area contributed by atoms with E-state index < -0.39 is 0 Å². The molecule has 30 heavy (non-hydrogen) atoms. The van der Waals surface area contributed by atoms with Crippen LogP contribution in [0.2, 0.25) is 0 Å². The molecule has 0 spiro atoms. The first-order valence-corrected chi connectivity index (χ1v) is 10.6. The van der Waals surface area contributed by atoms with Crippen LogP contribution in [0.1, 0.15) is 50.0 Å². The Labute approximate surface area is 178 Å². The predicted octanol–water partition coefficient (Wildman–Crippen LogP) is 4.67. The van der Waals surface area contributed by atoms with Crippen molar-refractivity contribution < 1.29 is 19.1 Å². The third-order valence-corrected chi connectivity index (χ3v) is 5.03. The number of ether oxygens (including phenoxy) is 2. The lowest BCUT2D eigenvalue weighted by molar-refractivity contribution is -0.121. The average molecular weight is 411 g/mol. The maximum Gasteiger partial charge on any atom is 0.255 e. The number of hydrogen-bond acceptors (Lipinski definition) is 4. The summed E-state index contributed by atoms with van der Waals surface area (Å²) in [7, 11) is 0. The van der Waals surface area contributed by atoms with Crippen molar-refractivity contribution >= 4 is 23.2 Å². The first-order valence-electron chi connectivity index (χ1n) is 10.6. The van der Waals surface area contributed by atoms with Crippen LogP contribution >= 0.6 is 0 Å². The fourth-order valence-electron chi connectivity index (χ4n) is 3.59. The van der Waals surface area contributed by atoms with Crippen molar-refractivity contribution in [3.05, 3.63) is 47.5 Å². The molecule has 0 aromatic heterocycles. The van der Waals surface area contributed by atoms with Gasteiger partial charge in [-0.1, -0.05) is 19.9 Å². The molecule has 6 nitrogen and oxygen atoms in total. The Bertz CT molecular complexity index is 923. The van der Waals surface area contributed by atoms with Crippen molar-refractivity contribution in [1.82, 2.24) is 0 Å². The molecule has 1 heterocycles. The predicted molar refractivity (Wildman–Crippen MR) is 119 cm³/mol. The highest BCUT2D eigenvalue weighted by Crippen LogP contribution is 2.32. The number of hydrogen-bond donors (Lipinski definition) is 1. The third kappa shape index (κ3) is 4.75. The zero-order chi connectivity index (χ0) is 21.7. The summed E-state index contributed by atoms with van der Waals surface area (Å²) in [5, 5.41) is 2.94. The first kappa shape index (κ1) is 21.7. The summed E-state index contributed by atoms with van der Waals surface area (Å²) in [6.07, 6.45) is 1.88. The van der Waals surface area contributed by atoms with Crippen LogP contribution in [0.25, 0.3) is 0 Å².